The summed E-state index contributed by atoms with van der Waals surface area (Å²) in [5.74, 6) is 0.219. The minimum atomic E-state index is -0.117. The fourth-order valence-electron chi connectivity index (χ4n) is 2.56. The topological polar surface area (TPSA) is 80.9 Å². The quantitative estimate of drug-likeness (QED) is 0.637. The van der Waals surface area contributed by atoms with Crippen molar-refractivity contribution in [1.29, 1.82) is 0 Å². The highest BCUT2D eigenvalue weighted by molar-refractivity contribution is 5.44. The summed E-state index contributed by atoms with van der Waals surface area (Å²) in [6.45, 7) is 4.20. The lowest BCUT2D eigenvalue weighted by Gasteiger charge is -2.21. The number of benzene rings is 2. The molecule has 4 N–H and O–H groups in total. The molecular formula is C18H22O4. The summed E-state index contributed by atoms with van der Waals surface area (Å²) < 4.78 is 0. The van der Waals surface area contributed by atoms with E-state index in [1.54, 1.807) is 18.2 Å². The monoisotopic (exact) mass is 302 g/mol. The number of aromatic hydroxyl groups is 4. The van der Waals surface area contributed by atoms with E-state index in [9.17, 15) is 20.4 Å². The molecule has 0 unspecified atom stereocenters. The molecule has 0 fully saturated rings. The molecule has 0 saturated carbocycles. The zero-order valence-electron chi connectivity index (χ0n) is 12.8. The fourth-order valence-corrected chi connectivity index (χ4v) is 2.56. The van der Waals surface area contributed by atoms with Crippen molar-refractivity contribution >= 4 is 0 Å². The molecule has 0 heterocycles. The van der Waals surface area contributed by atoms with E-state index in [0.717, 1.165) is 17.5 Å². The van der Waals surface area contributed by atoms with Crippen molar-refractivity contribution in [1.82, 2.24) is 0 Å². The van der Waals surface area contributed by atoms with E-state index in [-0.39, 0.29) is 28.9 Å². The van der Waals surface area contributed by atoms with Gasteiger partial charge in [0.2, 0.25) is 0 Å². The molecule has 2 aromatic rings. The van der Waals surface area contributed by atoms with E-state index in [2.05, 4.69) is 13.8 Å². The van der Waals surface area contributed by atoms with Crippen LogP contribution in [0.15, 0.2) is 36.4 Å². The zero-order valence-corrected chi connectivity index (χ0v) is 12.8. The third-order valence-electron chi connectivity index (χ3n) is 4.21. The van der Waals surface area contributed by atoms with E-state index >= 15 is 0 Å². The van der Waals surface area contributed by atoms with Crippen LogP contribution >= 0.6 is 0 Å². The van der Waals surface area contributed by atoms with Crippen LogP contribution in [0.2, 0.25) is 0 Å². The predicted molar refractivity (Wildman–Crippen MR) is 85.3 cm³/mol. The van der Waals surface area contributed by atoms with Gasteiger partial charge >= 0.3 is 0 Å². The van der Waals surface area contributed by atoms with Crippen molar-refractivity contribution < 1.29 is 20.4 Å². The van der Waals surface area contributed by atoms with Gasteiger partial charge in [-0.2, -0.15) is 0 Å². The number of rotatable bonds is 5. The number of hydrogen-bond donors (Lipinski definition) is 4. The summed E-state index contributed by atoms with van der Waals surface area (Å²) in [4.78, 5) is 0. The first kappa shape index (κ1) is 16.0. The van der Waals surface area contributed by atoms with Gasteiger partial charge in [0.25, 0.3) is 0 Å². The van der Waals surface area contributed by atoms with Crippen molar-refractivity contribution in [2.75, 3.05) is 0 Å². The Morgan fingerprint density at radius 1 is 0.773 bits per heavy atom. The smallest absolute Gasteiger partial charge is 0.160 e. The second-order valence-electron chi connectivity index (χ2n) is 5.97. The number of phenols is 4. The molecule has 2 aromatic carbocycles. The van der Waals surface area contributed by atoms with Crippen molar-refractivity contribution in [3.63, 3.8) is 0 Å². The van der Waals surface area contributed by atoms with Gasteiger partial charge < -0.3 is 20.4 Å². The molecule has 0 amide bonds. The zero-order chi connectivity index (χ0) is 16.3. The third-order valence-corrected chi connectivity index (χ3v) is 4.21. The Labute approximate surface area is 130 Å². The summed E-state index contributed by atoms with van der Waals surface area (Å²) in [6, 6.07) is 9.86. The molecule has 4 heteroatoms. The van der Waals surface area contributed by atoms with Gasteiger partial charge in [-0.25, -0.2) is 0 Å². The predicted octanol–water partition coefficient (Wildman–Crippen LogP) is 3.57. The molecule has 0 spiro atoms. The first-order valence-corrected chi connectivity index (χ1v) is 7.39. The number of phenolic OH excluding ortho intramolecular Hbond substituents is 4. The number of hydrogen-bond acceptors (Lipinski definition) is 4. The molecule has 0 aromatic heterocycles. The van der Waals surface area contributed by atoms with Crippen LogP contribution < -0.4 is 0 Å². The van der Waals surface area contributed by atoms with Gasteiger partial charge in [-0.1, -0.05) is 32.0 Å². The van der Waals surface area contributed by atoms with Gasteiger partial charge in [0, 0.05) is 0 Å². The second-order valence-corrected chi connectivity index (χ2v) is 5.97. The first-order chi connectivity index (χ1) is 10.4. The molecule has 0 aliphatic carbocycles. The normalized spacial score (nSPS) is 13.7. The van der Waals surface area contributed by atoms with Crippen LogP contribution in [0.1, 0.15) is 25.0 Å². The minimum Gasteiger partial charge on any atom is -0.504 e. The lowest BCUT2D eigenvalue weighted by molar-refractivity contribution is 0.364. The van der Waals surface area contributed by atoms with Crippen molar-refractivity contribution in [2.24, 2.45) is 11.8 Å². The van der Waals surface area contributed by atoms with Crippen LogP contribution in [0.25, 0.3) is 0 Å². The first-order valence-electron chi connectivity index (χ1n) is 7.39. The van der Waals surface area contributed by atoms with E-state index in [4.69, 9.17) is 0 Å². The Kier molecular flexibility index (Phi) is 4.81. The average molecular weight is 302 g/mol. The van der Waals surface area contributed by atoms with Gasteiger partial charge in [-0.05, 0) is 54.0 Å². The van der Waals surface area contributed by atoms with E-state index in [1.165, 1.54) is 12.1 Å². The Bertz CT molecular complexity index is 652. The van der Waals surface area contributed by atoms with Gasteiger partial charge in [0.05, 0.1) is 0 Å². The summed E-state index contributed by atoms with van der Waals surface area (Å²) in [5, 5.41) is 38.3. The summed E-state index contributed by atoms with van der Waals surface area (Å²) in [7, 11) is 0. The molecule has 0 bridgehead atoms. The Morgan fingerprint density at radius 2 is 1.45 bits per heavy atom. The van der Waals surface area contributed by atoms with Crippen molar-refractivity contribution in [2.45, 2.75) is 26.7 Å². The van der Waals surface area contributed by atoms with Crippen molar-refractivity contribution in [3.8, 4) is 23.0 Å². The summed E-state index contributed by atoms with van der Waals surface area (Å²) in [6.07, 6.45) is 1.42. The maximum Gasteiger partial charge on any atom is 0.160 e. The summed E-state index contributed by atoms with van der Waals surface area (Å²) in [5.41, 5.74) is 1.68. The molecular weight excluding hydrogens is 280 g/mol. The Hall–Kier alpha value is -2.36. The molecule has 22 heavy (non-hydrogen) atoms. The van der Waals surface area contributed by atoms with Gasteiger partial charge in [0.1, 0.15) is 0 Å². The SMILES string of the molecule is C[C@H](Cc1ccc(O)c(O)c1)[C@@H](C)Cc1cccc(O)c1O. The van der Waals surface area contributed by atoms with Crippen LogP contribution in [-0.4, -0.2) is 20.4 Å². The van der Waals surface area contributed by atoms with Crippen LogP contribution in [0.3, 0.4) is 0 Å². The van der Waals surface area contributed by atoms with E-state index < -0.39 is 0 Å². The highest BCUT2D eigenvalue weighted by atomic mass is 16.3. The van der Waals surface area contributed by atoms with Crippen LogP contribution in [0.4, 0.5) is 0 Å². The highest BCUT2D eigenvalue weighted by Gasteiger charge is 2.17. The molecule has 0 radical (unpaired) electrons. The molecule has 2 rings (SSSR count). The van der Waals surface area contributed by atoms with Crippen LogP contribution in [-0.2, 0) is 12.8 Å². The molecule has 0 aliphatic rings. The van der Waals surface area contributed by atoms with Gasteiger partial charge in [-0.15, -0.1) is 0 Å². The van der Waals surface area contributed by atoms with E-state index in [0.29, 0.717) is 12.3 Å². The molecule has 2 atom stereocenters. The molecule has 0 saturated heterocycles. The Balaban J connectivity index is 2.04. The van der Waals surface area contributed by atoms with Crippen molar-refractivity contribution in [3.05, 3.63) is 47.5 Å². The van der Waals surface area contributed by atoms with Crippen LogP contribution in [0.5, 0.6) is 23.0 Å². The molecule has 118 valence electrons. The van der Waals surface area contributed by atoms with Gasteiger partial charge in [0.15, 0.2) is 23.0 Å². The van der Waals surface area contributed by atoms with Crippen LogP contribution in [0, 0.1) is 11.8 Å². The maximum atomic E-state index is 9.87. The second kappa shape index (κ2) is 6.60. The maximum absolute atomic E-state index is 9.87. The molecule has 0 aliphatic heterocycles. The highest BCUT2D eigenvalue weighted by Crippen LogP contribution is 2.32. The minimum absolute atomic E-state index is 0.0520. The lowest BCUT2D eigenvalue weighted by atomic mass is 9.85. The van der Waals surface area contributed by atoms with Gasteiger partial charge in [-0.3, -0.25) is 0 Å². The standard InChI is InChI=1S/C18H22O4/c1-11(8-13-6-7-15(19)17(21)10-13)12(2)9-14-4-3-5-16(20)18(14)22/h3-7,10-12,19-22H,8-9H2,1-2H3/t11-,12+/m1/s1. The average Bonchev–Trinajstić information content (AvgIpc) is 2.47. The largest absolute Gasteiger partial charge is 0.504 e. The Morgan fingerprint density at radius 3 is 2.14 bits per heavy atom. The lowest BCUT2D eigenvalue weighted by Crippen LogP contribution is -2.13. The number of para-hydroxylation sites is 1. The fraction of sp³-hybridized carbons (Fsp3) is 0.333. The summed E-state index contributed by atoms with van der Waals surface area (Å²) >= 11 is 0. The third kappa shape index (κ3) is 3.64. The molecule has 4 nitrogen and oxygen atoms in total. The van der Waals surface area contributed by atoms with E-state index in [1.807, 2.05) is 6.07 Å².